The molecule has 0 bridgehead atoms. The Kier molecular flexibility index (Phi) is 4.61. The summed E-state index contributed by atoms with van der Waals surface area (Å²) in [4.78, 5) is 15.9. The quantitative estimate of drug-likeness (QED) is 0.645. The summed E-state index contributed by atoms with van der Waals surface area (Å²) in [7, 11) is 3.78. The van der Waals surface area contributed by atoms with E-state index in [1.807, 2.05) is 32.0 Å². The Balaban J connectivity index is 3.18. The lowest BCUT2D eigenvalue weighted by atomic mass is 10.1. The molecule has 1 aromatic rings. The Morgan fingerprint density at radius 1 is 1.44 bits per heavy atom. The van der Waals surface area contributed by atoms with Gasteiger partial charge in [-0.05, 0) is 25.1 Å². The highest BCUT2D eigenvalue weighted by molar-refractivity contribution is 6.00. The summed E-state index contributed by atoms with van der Waals surface area (Å²) in [6, 6.07) is 5.31. The standard InChI is InChI=1S/C14H19N3O/c1-5-9-17(6-2)14(18)12-10-11(15)7-8-13(12)16(3)4/h1,7-8,10H,6,9,15H2,2-4H3. The summed E-state index contributed by atoms with van der Waals surface area (Å²) >= 11 is 0. The van der Waals surface area contributed by atoms with Crippen molar-refractivity contribution in [1.82, 2.24) is 4.90 Å². The first kappa shape index (κ1) is 13.9. The van der Waals surface area contributed by atoms with Crippen molar-refractivity contribution in [2.45, 2.75) is 6.92 Å². The molecule has 0 saturated carbocycles. The molecule has 0 aromatic heterocycles. The highest BCUT2D eigenvalue weighted by atomic mass is 16.2. The van der Waals surface area contributed by atoms with E-state index in [9.17, 15) is 4.79 Å². The van der Waals surface area contributed by atoms with Gasteiger partial charge in [0.15, 0.2) is 0 Å². The zero-order valence-electron chi connectivity index (χ0n) is 11.1. The van der Waals surface area contributed by atoms with Crippen molar-refractivity contribution >= 4 is 17.3 Å². The molecule has 18 heavy (non-hydrogen) atoms. The zero-order valence-corrected chi connectivity index (χ0v) is 11.1. The van der Waals surface area contributed by atoms with Crippen LogP contribution in [0.1, 0.15) is 17.3 Å². The summed E-state index contributed by atoms with van der Waals surface area (Å²) in [6.45, 7) is 2.78. The Bertz CT molecular complexity index is 474. The van der Waals surface area contributed by atoms with Gasteiger partial charge in [0.2, 0.25) is 0 Å². The predicted molar refractivity (Wildman–Crippen MR) is 75.6 cm³/mol. The highest BCUT2D eigenvalue weighted by Crippen LogP contribution is 2.22. The minimum Gasteiger partial charge on any atom is -0.399 e. The van der Waals surface area contributed by atoms with Crippen LogP contribution in [0.5, 0.6) is 0 Å². The number of nitrogens with zero attached hydrogens (tertiary/aromatic N) is 2. The van der Waals surface area contributed by atoms with Gasteiger partial charge in [0.25, 0.3) is 5.91 Å². The Hall–Kier alpha value is -2.15. The van der Waals surface area contributed by atoms with Gasteiger partial charge >= 0.3 is 0 Å². The van der Waals surface area contributed by atoms with Gasteiger partial charge in [0, 0.05) is 32.0 Å². The Morgan fingerprint density at radius 2 is 2.11 bits per heavy atom. The number of carbonyl (C=O) groups excluding carboxylic acids is 1. The average molecular weight is 245 g/mol. The van der Waals surface area contributed by atoms with Crippen LogP contribution in [0, 0.1) is 12.3 Å². The first-order valence-corrected chi connectivity index (χ1v) is 5.80. The van der Waals surface area contributed by atoms with Crippen molar-refractivity contribution < 1.29 is 4.79 Å². The minimum absolute atomic E-state index is 0.0912. The van der Waals surface area contributed by atoms with Crippen LogP contribution in [0.25, 0.3) is 0 Å². The molecule has 0 aliphatic rings. The van der Waals surface area contributed by atoms with Gasteiger partial charge in [-0.3, -0.25) is 4.79 Å². The average Bonchev–Trinajstić information content (AvgIpc) is 2.34. The zero-order chi connectivity index (χ0) is 13.7. The maximum atomic E-state index is 12.4. The van der Waals surface area contributed by atoms with E-state index >= 15 is 0 Å². The normalized spacial score (nSPS) is 9.67. The number of hydrogen-bond donors (Lipinski definition) is 1. The van der Waals surface area contributed by atoms with Gasteiger partial charge in [-0.2, -0.15) is 0 Å². The highest BCUT2D eigenvalue weighted by Gasteiger charge is 2.18. The molecule has 0 fully saturated rings. The number of nitrogen functional groups attached to an aromatic ring is 1. The van der Waals surface area contributed by atoms with E-state index in [1.165, 1.54) is 0 Å². The van der Waals surface area contributed by atoms with E-state index < -0.39 is 0 Å². The van der Waals surface area contributed by atoms with Crippen molar-refractivity contribution in [2.75, 3.05) is 37.8 Å². The predicted octanol–water partition coefficient (Wildman–Crippen LogP) is 1.43. The fourth-order valence-corrected chi connectivity index (χ4v) is 1.72. The first-order chi connectivity index (χ1) is 8.51. The number of carbonyl (C=O) groups is 1. The topological polar surface area (TPSA) is 49.6 Å². The maximum absolute atomic E-state index is 12.4. The largest absolute Gasteiger partial charge is 0.399 e. The minimum atomic E-state index is -0.0912. The number of benzene rings is 1. The van der Waals surface area contributed by atoms with Gasteiger partial charge < -0.3 is 15.5 Å². The molecule has 1 aromatic carbocycles. The van der Waals surface area contributed by atoms with Crippen molar-refractivity contribution in [1.29, 1.82) is 0 Å². The third-order valence-corrected chi connectivity index (χ3v) is 2.68. The van der Waals surface area contributed by atoms with E-state index in [-0.39, 0.29) is 5.91 Å². The SMILES string of the molecule is C#CCN(CC)C(=O)c1cc(N)ccc1N(C)C. The van der Waals surface area contributed by atoms with Crippen molar-refractivity contribution in [3.05, 3.63) is 23.8 Å². The molecule has 0 heterocycles. The second-order valence-corrected chi connectivity index (χ2v) is 4.19. The molecule has 0 atom stereocenters. The summed E-state index contributed by atoms with van der Waals surface area (Å²) < 4.78 is 0. The second-order valence-electron chi connectivity index (χ2n) is 4.19. The number of terminal acetylenes is 1. The molecule has 4 nitrogen and oxygen atoms in total. The van der Waals surface area contributed by atoms with E-state index in [0.29, 0.717) is 24.3 Å². The molecule has 0 unspecified atom stereocenters. The van der Waals surface area contributed by atoms with Gasteiger partial charge in [-0.25, -0.2) is 0 Å². The molecule has 0 aliphatic carbocycles. The number of hydrogen-bond acceptors (Lipinski definition) is 3. The van der Waals surface area contributed by atoms with Crippen molar-refractivity contribution in [2.24, 2.45) is 0 Å². The Morgan fingerprint density at radius 3 is 2.61 bits per heavy atom. The fraction of sp³-hybridized carbons (Fsp3) is 0.357. The summed E-state index contributed by atoms with van der Waals surface area (Å²) in [5.41, 5.74) is 7.74. The van der Waals surface area contributed by atoms with Crippen LogP contribution in [0.4, 0.5) is 11.4 Å². The number of nitrogens with two attached hydrogens (primary N) is 1. The van der Waals surface area contributed by atoms with E-state index in [4.69, 9.17) is 12.2 Å². The number of rotatable bonds is 4. The molecular weight excluding hydrogens is 226 g/mol. The lowest BCUT2D eigenvalue weighted by molar-refractivity contribution is 0.0785. The van der Waals surface area contributed by atoms with E-state index in [1.54, 1.807) is 17.0 Å². The van der Waals surface area contributed by atoms with Crippen LogP contribution < -0.4 is 10.6 Å². The van der Waals surface area contributed by atoms with E-state index in [0.717, 1.165) is 5.69 Å². The second kappa shape index (κ2) is 5.97. The molecule has 1 rings (SSSR count). The third-order valence-electron chi connectivity index (χ3n) is 2.68. The molecular formula is C14H19N3O. The van der Waals surface area contributed by atoms with Crippen molar-refractivity contribution in [3.63, 3.8) is 0 Å². The summed E-state index contributed by atoms with van der Waals surface area (Å²) in [5.74, 6) is 2.40. The molecule has 1 amide bonds. The molecule has 0 aliphatic heterocycles. The number of anilines is 2. The fourth-order valence-electron chi connectivity index (χ4n) is 1.72. The first-order valence-electron chi connectivity index (χ1n) is 5.80. The maximum Gasteiger partial charge on any atom is 0.256 e. The van der Waals surface area contributed by atoms with Gasteiger partial charge in [-0.1, -0.05) is 5.92 Å². The van der Waals surface area contributed by atoms with Gasteiger partial charge in [0.1, 0.15) is 0 Å². The van der Waals surface area contributed by atoms with Crippen LogP contribution in [0.3, 0.4) is 0 Å². The third kappa shape index (κ3) is 2.95. The van der Waals surface area contributed by atoms with Crippen molar-refractivity contribution in [3.8, 4) is 12.3 Å². The van der Waals surface area contributed by atoms with Gasteiger partial charge in [0.05, 0.1) is 12.1 Å². The van der Waals surface area contributed by atoms with Crippen LogP contribution in [0.2, 0.25) is 0 Å². The van der Waals surface area contributed by atoms with Crippen LogP contribution in [-0.4, -0.2) is 38.0 Å². The molecule has 96 valence electrons. The molecule has 4 heteroatoms. The lowest BCUT2D eigenvalue weighted by Gasteiger charge is -2.23. The monoisotopic (exact) mass is 245 g/mol. The molecule has 0 saturated heterocycles. The lowest BCUT2D eigenvalue weighted by Crippen LogP contribution is -2.32. The number of amides is 1. The smallest absolute Gasteiger partial charge is 0.256 e. The van der Waals surface area contributed by atoms with Gasteiger partial charge in [-0.15, -0.1) is 6.42 Å². The van der Waals surface area contributed by atoms with Crippen LogP contribution >= 0.6 is 0 Å². The van der Waals surface area contributed by atoms with Crippen LogP contribution in [-0.2, 0) is 0 Å². The van der Waals surface area contributed by atoms with Crippen LogP contribution in [0.15, 0.2) is 18.2 Å². The molecule has 0 spiro atoms. The molecule has 2 N–H and O–H groups in total. The summed E-state index contributed by atoms with van der Waals surface area (Å²) in [5, 5.41) is 0. The Labute approximate surface area is 108 Å². The summed E-state index contributed by atoms with van der Waals surface area (Å²) in [6.07, 6.45) is 5.27. The van der Waals surface area contributed by atoms with E-state index in [2.05, 4.69) is 5.92 Å². The molecule has 0 radical (unpaired) electrons.